The third-order valence-electron chi connectivity index (χ3n) is 3.12. The van der Waals surface area contributed by atoms with Crippen molar-refractivity contribution in [2.45, 2.75) is 0 Å². The second-order valence-electron chi connectivity index (χ2n) is 4.18. The number of furan rings is 1. The van der Waals surface area contributed by atoms with E-state index >= 15 is 0 Å². The van der Waals surface area contributed by atoms with Crippen LogP contribution >= 0.6 is 0 Å². The van der Waals surface area contributed by atoms with Gasteiger partial charge in [-0.15, -0.1) is 0 Å². The normalized spacial score (nSPS) is 11.6. The molecule has 0 radical (unpaired) electrons. The van der Waals surface area contributed by atoms with Gasteiger partial charge in [0.25, 0.3) is 0 Å². The molecule has 2 N–H and O–H groups in total. The Labute approximate surface area is 102 Å². The zero-order valence-corrected chi connectivity index (χ0v) is 9.42. The predicted octanol–water partition coefficient (Wildman–Crippen LogP) is 3.11. The van der Waals surface area contributed by atoms with Gasteiger partial charge in [-0.3, -0.25) is 0 Å². The van der Waals surface area contributed by atoms with E-state index in [0.717, 1.165) is 27.3 Å². The maximum atomic E-state index is 6.00. The number of nitrogens with two attached hydrogens (primary N) is 1. The molecule has 4 heteroatoms. The van der Waals surface area contributed by atoms with Crippen molar-refractivity contribution in [2.24, 2.45) is 0 Å². The molecule has 0 saturated heterocycles. The van der Waals surface area contributed by atoms with Crippen LogP contribution in [0.15, 0.2) is 47.0 Å². The van der Waals surface area contributed by atoms with Gasteiger partial charge >= 0.3 is 0 Å². The van der Waals surface area contributed by atoms with Gasteiger partial charge in [-0.05, 0) is 12.1 Å². The van der Waals surface area contributed by atoms with E-state index in [4.69, 9.17) is 10.2 Å². The van der Waals surface area contributed by atoms with Gasteiger partial charge in [-0.1, -0.05) is 24.3 Å². The Kier molecular flexibility index (Phi) is 1.67. The van der Waals surface area contributed by atoms with Crippen molar-refractivity contribution in [3.05, 3.63) is 42.6 Å². The molecule has 0 aliphatic rings. The summed E-state index contributed by atoms with van der Waals surface area (Å²) in [5, 5.41) is 2.77. The smallest absolute Gasteiger partial charge is 0.228 e. The number of aromatic nitrogens is 2. The second kappa shape index (κ2) is 3.20. The van der Waals surface area contributed by atoms with Crippen LogP contribution in [-0.2, 0) is 0 Å². The highest BCUT2D eigenvalue weighted by Crippen LogP contribution is 2.33. The number of nitrogens with zero attached hydrogens (tertiary/aromatic N) is 2. The van der Waals surface area contributed by atoms with E-state index < -0.39 is 0 Å². The number of hydrogen-bond donors (Lipinski definition) is 1. The van der Waals surface area contributed by atoms with Crippen molar-refractivity contribution in [2.75, 3.05) is 5.73 Å². The number of rotatable bonds is 0. The number of pyridine rings is 2. The summed E-state index contributed by atoms with van der Waals surface area (Å²) < 4.78 is 5.79. The molecule has 0 aliphatic heterocycles. The largest absolute Gasteiger partial charge is 0.435 e. The van der Waals surface area contributed by atoms with Crippen LogP contribution in [0.3, 0.4) is 0 Å². The van der Waals surface area contributed by atoms with Gasteiger partial charge in [-0.2, -0.15) is 0 Å². The molecule has 3 aromatic heterocycles. The first-order chi connectivity index (χ1) is 8.84. The molecular formula is C14H9N3O. The van der Waals surface area contributed by atoms with Crippen LogP contribution in [0.2, 0.25) is 0 Å². The Morgan fingerprint density at radius 2 is 1.72 bits per heavy atom. The molecule has 0 unspecified atom stereocenters. The fourth-order valence-electron chi connectivity index (χ4n) is 2.30. The highest BCUT2D eigenvalue weighted by atomic mass is 16.3. The minimum Gasteiger partial charge on any atom is -0.435 e. The molecule has 4 aromatic rings. The Hall–Kier alpha value is -2.62. The van der Waals surface area contributed by atoms with Crippen LogP contribution in [0.1, 0.15) is 0 Å². The molecule has 0 bridgehead atoms. The number of nitrogen functional groups attached to an aromatic ring is 1. The summed E-state index contributed by atoms with van der Waals surface area (Å²) in [5.41, 5.74) is 8.11. The third kappa shape index (κ3) is 1.09. The third-order valence-corrected chi connectivity index (χ3v) is 3.12. The molecule has 0 spiro atoms. The second-order valence-corrected chi connectivity index (χ2v) is 4.18. The summed E-state index contributed by atoms with van der Waals surface area (Å²) in [6, 6.07) is 11.6. The standard InChI is InChI=1S/C14H9N3O/c15-13-9-5-2-1-4-8(9)12-11(17-13)10-6-3-7-16-14(10)18-12/h1-7H,(H2,15,17). The Morgan fingerprint density at radius 3 is 2.61 bits per heavy atom. The van der Waals surface area contributed by atoms with Gasteiger partial charge < -0.3 is 10.2 Å². The van der Waals surface area contributed by atoms with Gasteiger partial charge in [0.1, 0.15) is 11.3 Å². The molecule has 86 valence electrons. The summed E-state index contributed by atoms with van der Waals surface area (Å²) in [6.45, 7) is 0. The minimum atomic E-state index is 0.518. The number of hydrogen-bond acceptors (Lipinski definition) is 4. The van der Waals surface area contributed by atoms with E-state index in [9.17, 15) is 0 Å². The van der Waals surface area contributed by atoms with Gasteiger partial charge in [-0.25, -0.2) is 9.97 Å². The topological polar surface area (TPSA) is 64.9 Å². The Morgan fingerprint density at radius 1 is 0.944 bits per heavy atom. The molecule has 4 nitrogen and oxygen atoms in total. The SMILES string of the molecule is Nc1nc2c3cccnc3oc2c2ccccc12. The van der Waals surface area contributed by atoms with Gasteiger partial charge in [0.2, 0.25) is 5.71 Å². The highest BCUT2D eigenvalue weighted by molar-refractivity contribution is 6.14. The molecule has 4 rings (SSSR count). The monoisotopic (exact) mass is 235 g/mol. The van der Waals surface area contributed by atoms with E-state index in [2.05, 4.69) is 9.97 Å². The van der Waals surface area contributed by atoms with Crippen LogP contribution in [-0.4, -0.2) is 9.97 Å². The van der Waals surface area contributed by atoms with Crippen molar-refractivity contribution in [3.63, 3.8) is 0 Å². The van der Waals surface area contributed by atoms with E-state index in [-0.39, 0.29) is 0 Å². The van der Waals surface area contributed by atoms with Crippen LogP contribution in [0, 0.1) is 0 Å². The van der Waals surface area contributed by atoms with Crippen LogP contribution in [0.4, 0.5) is 5.82 Å². The summed E-state index contributed by atoms with van der Waals surface area (Å²) in [5.74, 6) is 0.518. The van der Waals surface area contributed by atoms with Crippen molar-refractivity contribution in [3.8, 4) is 0 Å². The minimum absolute atomic E-state index is 0.518. The molecule has 0 aliphatic carbocycles. The van der Waals surface area contributed by atoms with Gasteiger partial charge in [0.15, 0.2) is 5.58 Å². The fraction of sp³-hybridized carbons (Fsp3) is 0. The zero-order chi connectivity index (χ0) is 12.1. The predicted molar refractivity (Wildman–Crippen MR) is 71.2 cm³/mol. The summed E-state index contributed by atoms with van der Waals surface area (Å²) in [7, 11) is 0. The highest BCUT2D eigenvalue weighted by Gasteiger charge is 2.13. The number of benzene rings is 1. The molecule has 0 atom stereocenters. The number of anilines is 1. The fourth-order valence-corrected chi connectivity index (χ4v) is 2.30. The lowest BCUT2D eigenvalue weighted by molar-refractivity contribution is 0.657. The van der Waals surface area contributed by atoms with Gasteiger partial charge in [0, 0.05) is 17.0 Å². The molecule has 0 amide bonds. The van der Waals surface area contributed by atoms with Crippen molar-refractivity contribution in [1.29, 1.82) is 0 Å². The quantitative estimate of drug-likeness (QED) is 0.508. The Balaban J connectivity index is 2.36. The van der Waals surface area contributed by atoms with E-state index in [1.165, 1.54) is 0 Å². The lowest BCUT2D eigenvalue weighted by atomic mass is 10.1. The molecule has 3 heterocycles. The van der Waals surface area contributed by atoms with E-state index in [1.54, 1.807) is 6.20 Å². The lowest BCUT2D eigenvalue weighted by Crippen LogP contribution is -1.91. The lowest BCUT2D eigenvalue weighted by Gasteiger charge is -2.01. The first-order valence-electron chi connectivity index (χ1n) is 5.66. The van der Waals surface area contributed by atoms with Crippen LogP contribution < -0.4 is 5.73 Å². The maximum Gasteiger partial charge on any atom is 0.228 e. The summed E-state index contributed by atoms with van der Waals surface area (Å²) in [4.78, 5) is 8.64. The van der Waals surface area contributed by atoms with E-state index in [0.29, 0.717) is 11.5 Å². The summed E-state index contributed by atoms with van der Waals surface area (Å²) in [6.07, 6.45) is 1.70. The first-order valence-corrected chi connectivity index (χ1v) is 5.66. The van der Waals surface area contributed by atoms with Crippen molar-refractivity contribution >= 4 is 38.8 Å². The average molecular weight is 235 g/mol. The molecule has 1 aromatic carbocycles. The van der Waals surface area contributed by atoms with Crippen molar-refractivity contribution in [1.82, 2.24) is 9.97 Å². The van der Waals surface area contributed by atoms with E-state index in [1.807, 2.05) is 36.4 Å². The maximum absolute atomic E-state index is 6.00. The summed E-state index contributed by atoms with van der Waals surface area (Å²) >= 11 is 0. The molecule has 18 heavy (non-hydrogen) atoms. The van der Waals surface area contributed by atoms with Gasteiger partial charge in [0.05, 0.1) is 5.39 Å². The first kappa shape index (κ1) is 9.41. The Bertz CT molecular complexity index is 895. The number of fused-ring (bicyclic) bond motifs is 5. The molecule has 0 saturated carbocycles. The van der Waals surface area contributed by atoms with Crippen LogP contribution in [0.5, 0.6) is 0 Å². The van der Waals surface area contributed by atoms with Crippen LogP contribution in [0.25, 0.3) is 33.0 Å². The average Bonchev–Trinajstić information content (AvgIpc) is 2.78. The van der Waals surface area contributed by atoms with Crippen molar-refractivity contribution < 1.29 is 4.42 Å². The molecular weight excluding hydrogens is 226 g/mol. The zero-order valence-electron chi connectivity index (χ0n) is 9.42. The molecule has 0 fully saturated rings.